The molecule has 2 unspecified atom stereocenters. The number of hydrogen-bond donors (Lipinski definition) is 2. The van der Waals surface area contributed by atoms with Crippen LogP contribution in [0.15, 0.2) is 24.3 Å². The Balaban J connectivity index is 1.82. The van der Waals surface area contributed by atoms with E-state index in [0.717, 1.165) is 4.90 Å². The second kappa shape index (κ2) is 4.94. The molecule has 2 atom stereocenters. The second-order valence-corrected chi connectivity index (χ2v) is 5.24. The summed E-state index contributed by atoms with van der Waals surface area (Å²) in [6.07, 6.45) is -0.667. The van der Waals surface area contributed by atoms with Crippen molar-refractivity contribution in [2.75, 3.05) is 13.2 Å². The predicted octanol–water partition coefficient (Wildman–Crippen LogP) is -0.240. The summed E-state index contributed by atoms with van der Waals surface area (Å²) in [5.74, 6) is -1.93. The lowest BCUT2D eigenvalue weighted by molar-refractivity contribution is -0.142. The number of carboxylic acid groups (broad SMARTS) is 1. The van der Waals surface area contributed by atoms with E-state index in [1.807, 2.05) is 0 Å². The molecule has 7 heteroatoms. The minimum Gasteiger partial charge on any atom is -0.480 e. The first kappa shape index (κ1) is 13.7. The van der Waals surface area contributed by atoms with E-state index in [9.17, 15) is 19.5 Å². The number of carboxylic acids is 1. The Kier molecular flexibility index (Phi) is 3.23. The van der Waals surface area contributed by atoms with Crippen molar-refractivity contribution in [3.8, 4) is 0 Å². The molecule has 3 rings (SSSR count). The van der Waals surface area contributed by atoms with Crippen LogP contribution < -0.4 is 0 Å². The molecule has 1 aromatic carbocycles. The lowest BCUT2D eigenvalue weighted by Crippen LogP contribution is -2.46. The first-order valence-corrected chi connectivity index (χ1v) is 6.59. The molecule has 0 saturated carbocycles. The fraction of sp³-hybridized carbons (Fsp3) is 0.357. The van der Waals surface area contributed by atoms with Crippen molar-refractivity contribution in [2.24, 2.45) is 0 Å². The number of hydrogen-bond acceptors (Lipinski definition) is 5. The number of amides is 2. The van der Waals surface area contributed by atoms with Gasteiger partial charge in [0.15, 0.2) is 0 Å². The number of carbonyl (C=O) groups excluding carboxylic acids is 2. The summed E-state index contributed by atoms with van der Waals surface area (Å²) in [6, 6.07) is 5.61. The lowest BCUT2D eigenvalue weighted by atomic mass is 10.1. The van der Waals surface area contributed by atoms with E-state index in [2.05, 4.69) is 0 Å². The number of benzene rings is 1. The first-order chi connectivity index (χ1) is 9.99. The average Bonchev–Trinajstić information content (AvgIpc) is 2.94. The van der Waals surface area contributed by atoms with Gasteiger partial charge in [0, 0.05) is 13.0 Å². The number of likely N-dealkylation sites (tertiary alicyclic amines) is 1. The zero-order valence-electron chi connectivity index (χ0n) is 11.1. The maximum absolute atomic E-state index is 12.2. The largest absolute Gasteiger partial charge is 0.480 e. The fourth-order valence-electron chi connectivity index (χ4n) is 2.84. The number of carbonyl (C=O) groups is 3. The van der Waals surface area contributed by atoms with Crippen LogP contribution in [-0.4, -0.2) is 63.2 Å². The van der Waals surface area contributed by atoms with Crippen LogP contribution in [0.2, 0.25) is 0 Å². The number of aliphatic hydroxyl groups excluding tert-OH is 1. The second-order valence-electron chi connectivity index (χ2n) is 5.24. The van der Waals surface area contributed by atoms with Gasteiger partial charge < -0.3 is 10.2 Å². The predicted molar refractivity (Wildman–Crippen MR) is 70.6 cm³/mol. The Bertz CT molecular complexity index is 595. The molecule has 0 aromatic heterocycles. The molecule has 110 valence electrons. The number of aliphatic carboxylic acids is 1. The van der Waals surface area contributed by atoms with E-state index < -0.39 is 29.9 Å². The van der Waals surface area contributed by atoms with Crippen molar-refractivity contribution in [2.45, 2.75) is 18.6 Å². The molecule has 2 amide bonds. The van der Waals surface area contributed by atoms with Crippen LogP contribution in [0.5, 0.6) is 0 Å². The molecule has 1 saturated heterocycles. The molecule has 0 spiro atoms. The van der Waals surface area contributed by atoms with Gasteiger partial charge in [-0.15, -0.1) is 0 Å². The van der Waals surface area contributed by atoms with Crippen LogP contribution in [0.1, 0.15) is 27.1 Å². The fourth-order valence-corrected chi connectivity index (χ4v) is 2.84. The molecule has 0 bridgehead atoms. The van der Waals surface area contributed by atoms with Crippen molar-refractivity contribution < 1.29 is 24.6 Å². The van der Waals surface area contributed by atoms with E-state index in [4.69, 9.17) is 5.11 Å². The van der Waals surface area contributed by atoms with E-state index in [-0.39, 0.29) is 19.6 Å². The maximum Gasteiger partial charge on any atom is 0.321 e. The summed E-state index contributed by atoms with van der Waals surface area (Å²) in [4.78, 5) is 38.1. The molecule has 21 heavy (non-hydrogen) atoms. The summed E-state index contributed by atoms with van der Waals surface area (Å²) in [7, 11) is 0. The standard InChI is InChI=1S/C14H14N2O5/c17-8-5-11(14(20)21)15(6-8)7-16-12(18)9-3-1-2-4-10(9)13(16)19/h1-4,8,11,17H,5-7H2,(H,20,21). The number of β-amino-alcohol motifs (C(OH)–C–C–N with tert-alkyl or cyclic N) is 1. The number of aliphatic hydroxyl groups is 1. The van der Waals surface area contributed by atoms with Crippen molar-refractivity contribution in [3.63, 3.8) is 0 Å². The third kappa shape index (κ3) is 2.20. The van der Waals surface area contributed by atoms with Crippen molar-refractivity contribution in [3.05, 3.63) is 35.4 Å². The van der Waals surface area contributed by atoms with Crippen LogP contribution in [-0.2, 0) is 4.79 Å². The summed E-state index contributed by atoms with van der Waals surface area (Å²) in [5, 5.41) is 18.7. The van der Waals surface area contributed by atoms with Gasteiger partial charge in [-0.1, -0.05) is 12.1 Å². The first-order valence-electron chi connectivity index (χ1n) is 6.59. The summed E-state index contributed by atoms with van der Waals surface area (Å²) >= 11 is 0. The Labute approximate surface area is 120 Å². The van der Waals surface area contributed by atoms with E-state index in [1.54, 1.807) is 24.3 Å². The van der Waals surface area contributed by atoms with Gasteiger partial charge in [0.2, 0.25) is 0 Å². The zero-order chi connectivity index (χ0) is 15.1. The van der Waals surface area contributed by atoms with Gasteiger partial charge in [0.05, 0.1) is 23.9 Å². The van der Waals surface area contributed by atoms with Crippen LogP contribution in [0.25, 0.3) is 0 Å². The molecular formula is C14H14N2O5. The van der Waals surface area contributed by atoms with Crippen LogP contribution in [0, 0.1) is 0 Å². The summed E-state index contributed by atoms with van der Waals surface area (Å²) in [5.41, 5.74) is 0.656. The summed E-state index contributed by atoms with van der Waals surface area (Å²) < 4.78 is 0. The third-order valence-electron chi connectivity index (χ3n) is 3.87. The molecule has 0 aliphatic carbocycles. The molecule has 7 nitrogen and oxygen atoms in total. The monoisotopic (exact) mass is 290 g/mol. The smallest absolute Gasteiger partial charge is 0.321 e. The molecule has 0 radical (unpaired) electrons. The molecule has 1 aromatic rings. The topological polar surface area (TPSA) is 98.2 Å². The third-order valence-corrected chi connectivity index (χ3v) is 3.87. The van der Waals surface area contributed by atoms with Gasteiger partial charge in [0.1, 0.15) is 6.04 Å². The minimum absolute atomic E-state index is 0.0957. The molecule has 1 fully saturated rings. The average molecular weight is 290 g/mol. The summed E-state index contributed by atoms with van der Waals surface area (Å²) in [6.45, 7) is 0.00471. The van der Waals surface area contributed by atoms with Gasteiger partial charge >= 0.3 is 5.97 Å². The quantitative estimate of drug-likeness (QED) is 0.746. The SMILES string of the molecule is O=C(O)C1CC(O)CN1CN1C(=O)c2ccccc2C1=O. The van der Waals surface area contributed by atoms with Crippen LogP contribution in [0.4, 0.5) is 0 Å². The van der Waals surface area contributed by atoms with Gasteiger partial charge in [-0.25, -0.2) is 0 Å². The number of nitrogens with zero attached hydrogens (tertiary/aromatic N) is 2. The normalized spacial score (nSPS) is 25.5. The minimum atomic E-state index is -1.07. The van der Waals surface area contributed by atoms with E-state index in [1.165, 1.54) is 4.90 Å². The molecule has 2 aliphatic heterocycles. The van der Waals surface area contributed by atoms with Crippen molar-refractivity contribution >= 4 is 17.8 Å². The Morgan fingerprint density at radius 1 is 1.19 bits per heavy atom. The highest BCUT2D eigenvalue weighted by atomic mass is 16.4. The Morgan fingerprint density at radius 2 is 1.76 bits per heavy atom. The van der Waals surface area contributed by atoms with Crippen molar-refractivity contribution in [1.82, 2.24) is 9.80 Å². The molecular weight excluding hydrogens is 276 g/mol. The van der Waals surface area contributed by atoms with E-state index >= 15 is 0 Å². The van der Waals surface area contributed by atoms with Crippen molar-refractivity contribution in [1.29, 1.82) is 0 Å². The number of fused-ring (bicyclic) bond motifs is 1. The maximum atomic E-state index is 12.2. The highest BCUT2D eigenvalue weighted by Crippen LogP contribution is 2.25. The number of rotatable bonds is 3. The van der Waals surface area contributed by atoms with E-state index in [0.29, 0.717) is 11.1 Å². The highest BCUT2D eigenvalue weighted by Gasteiger charge is 2.41. The molecule has 2 heterocycles. The lowest BCUT2D eigenvalue weighted by Gasteiger charge is -2.25. The zero-order valence-corrected chi connectivity index (χ0v) is 11.1. The Morgan fingerprint density at radius 3 is 2.29 bits per heavy atom. The van der Waals surface area contributed by atoms with Crippen LogP contribution in [0.3, 0.4) is 0 Å². The van der Waals surface area contributed by atoms with Gasteiger partial charge in [-0.3, -0.25) is 24.2 Å². The Hall–Kier alpha value is -2.25. The van der Waals surface area contributed by atoms with Gasteiger partial charge in [-0.2, -0.15) is 0 Å². The molecule has 2 aliphatic rings. The van der Waals surface area contributed by atoms with Crippen LogP contribution >= 0.6 is 0 Å². The highest BCUT2D eigenvalue weighted by molar-refractivity contribution is 6.21. The van der Waals surface area contributed by atoms with Gasteiger partial charge in [0.25, 0.3) is 11.8 Å². The molecule has 2 N–H and O–H groups in total. The number of imide groups is 1. The van der Waals surface area contributed by atoms with Gasteiger partial charge in [-0.05, 0) is 12.1 Å².